The highest BCUT2D eigenvalue weighted by Gasteiger charge is 2.17. The molecule has 1 aromatic heterocycles. The lowest BCUT2D eigenvalue weighted by atomic mass is 10.0. The van der Waals surface area contributed by atoms with E-state index < -0.39 is 5.97 Å². The molecule has 0 aromatic carbocycles. The molecule has 88 valence electrons. The fourth-order valence-corrected chi connectivity index (χ4v) is 1.90. The van der Waals surface area contributed by atoms with Gasteiger partial charge in [0.2, 0.25) is 0 Å². The van der Waals surface area contributed by atoms with Crippen molar-refractivity contribution in [3.05, 3.63) is 11.6 Å². The minimum absolute atomic E-state index is 0.105. The lowest BCUT2D eigenvalue weighted by molar-refractivity contribution is 0.0587. The SMILES string of the molecule is COC(=O)c1n[nH]c(CC2CCCCN2)n1. The predicted octanol–water partition coefficient (Wildman–Crippen LogP) is 0.276. The van der Waals surface area contributed by atoms with Gasteiger partial charge >= 0.3 is 5.97 Å². The van der Waals surface area contributed by atoms with Gasteiger partial charge in [0, 0.05) is 12.5 Å². The molecule has 1 atom stereocenters. The molecule has 1 aliphatic heterocycles. The van der Waals surface area contributed by atoms with E-state index in [1.54, 1.807) is 0 Å². The van der Waals surface area contributed by atoms with Crippen LogP contribution >= 0.6 is 0 Å². The average Bonchev–Trinajstić information content (AvgIpc) is 2.78. The first-order valence-electron chi connectivity index (χ1n) is 5.52. The number of rotatable bonds is 3. The van der Waals surface area contributed by atoms with Gasteiger partial charge in [-0.05, 0) is 19.4 Å². The van der Waals surface area contributed by atoms with Crippen LogP contribution in [0.25, 0.3) is 0 Å². The average molecular weight is 224 g/mol. The number of hydrogen-bond acceptors (Lipinski definition) is 5. The summed E-state index contributed by atoms with van der Waals surface area (Å²) in [4.78, 5) is 15.2. The summed E-state index contributed by atoms with van der Waals surface area (Å²) in [7, 11) is 1.32. The third kappa shape index (κ3) is 2.57. The van der Waals surface area contributed by atoms with Crippen molar-refractivity contribution in [2.45, 2.75) is 31.7 Å². The minimum atomic E-state index is -0.501. The number of aromatic nitrogens is 3. The third-order valence-electron chi connectivity index (χ3n) is 2.75. The number of hydrogen-bond donors (Lipinski definition) is 2. The number of piperidine rings is 1. The molecule has 1 aliphatic rings. The number of esters is 1. The highest BCUT2D eigenvalue weighted by molar-refractivity contribution is 5.84. The van der Waals surface area contributed by atoms with Crippen LogP contribution in [0.15, 0.2) is 0 Å². The molecule has 1 fully saturated rings. The summed E-state index contributed by atoms with van der Waals surface area (Å²) >= 11 is 0. The Labute approximate surface area is 93.8 Å². The van der Waals surface area contributed by atoms with Crippen LogP contribution in [0.4, 0.5) is 0 Å². The lowest BCUT2D eigenvalue weighted by Crippen LogP contribution is -2.35. The summed E-state index contributed by atoms with van der Waals surface area (Å²) < 4.78 is 4.54. The van der Waals surface area contributed by atoms with Gasteiger partial charge in [-0.2, -0.15) is 0 Å². The summed E-state index contributed by atoms with van der Waals surface area (Å²) in [5.74, 6) is 0.340. The predicted molar refractivity (Wildman–Crippen MR) is 57.1 cm³/mol. The third-order valence-corrected chi connectivity index (χ3v) is 2.75. The minimum Gasteiger partial charge on any atom is -0.463 e. The van der Waals surface area contributed by atoms with E-state index in [9.17, 15) is 4.79 Å². The Bertz CT molecular complexity index is 357. The van der Waals surface area contributed by atoms with Crippen molar-refractivity contribution in [2.24, 2.45) is 0 Å². The van der Waals surface area contributed by atoms with Crippen LogP contribution in [-0.4, -0.2) is 40.8 Å². The van der Waals surface area contributed by atoms with Gasteiger partial charge in [-0.1, -0.05) is 6.42 Å². The molecule has 0 spiro atoms. The zero-order chi connectivity index (χ0) is 11.4. The largest absolute Gasteiger partial charge is 0.463 e. The molecule has 6 nitrogen and oxygen atoms in total. The van der Waals surface area contributed by atoms with Crippen LogP contribution in [0.3, 0.4) is 0 Å². The molecule has 0 bridgehead atoms. The number of nitrogens with zero attached hydrogens (tertiary/aromatic N) is 2. The zero-order valence-corrected chi connectivity index (χ0v) is 9.32. The van der Waals surface area contributed by atoms with E-state index in [2.05, 4.69) is 25.2 Å². The Morgan fingerprint density at radius 3 is 3.12 bits per heavy atom. The van der Waals surface area contributed by atoms with Crippen LogP contribution in [0, 0.1) is 0 Å². The van der Waals surface area contributed by atoms with Crippen LogP contribution < -0.4 is 5.32 Å². The maximum absolute atomic E-state index is 11.1. The van der Waals surface area contributed by atoms with Crippen molar-refractivity contribution in [3.8, 4) is 0 Å². The topological polar surface area (TPSA) is 79.9 Å². The first kappa shape index (κ1) is 11.1. The molecule has 0 saturated carbocycles. The standard InChI is InChI=1S/C10H16N4O2/c1-16-10(15)9-12-8(13-14-9)6-7-4-2-3-5-11-7/h7,11H,2-6H2,1H3,(H,12,13,14). The van der Waals surface area contributed by atoms with Crippen LogP contribution in [0.5, 0.6) is 0 Å². The quantitative estimate of drug-likeness (QED) is 0.721. The van der Waals surface area contributed by atoms with Crippen molar-refractivity contribution in [1.29, 1.82) is 0 Å². The van der Waals surface area contributed by atoms with Crippen molar-refractivity contribution >= 4 is 5.97 Å². The second-order valence-electron chi connectivity index (χ2n) is 3.95. The van der Waals surface area contributed by atoms with E-state index in [1.165, 1.54) is 20.0 Å². The molecule has 2 rings (SSSR count). The van der Waals surface area contributed by atoms with Gasteiger partial charge in [0.05, 0.1) is 7.11 Å². The summed E-state index contributed by atoms with van der Waals surface area (Å²) in [6.45, 7) is 1.06. The molecule has 2 N–H and O–H groups in total. The van der Waals surface area contributed by atoms with E-state index in [-0.39, 0.29) is 5.82 Å². The smallest absolute Gasteiger partial charge is 0.377 e. The second kappa shape index (κ2) is 5.07. The summed E-state index contributed by atoms with van der Waals surface area (Å²) in [5.41, 5.74) is 0. The number of aromatic amines is 1. The second-order valence-corrected chi connectivity index (χ2v) is 3.95. The zero-order valence-electron chi connectivity index (χ0n) is 9.32. The molecular weight excluding hydrogens is 208 g/mol. The number of methoxy groups -OCH3 is 1. The van der Waals surface area contributed by atoms with Gasteiger partial charge in [0.25, 0.3) is 5.82 Å². The van der Waals surface area contributed by atoms with Crippen LogP contribution in [0.1, 0.15) is 35.7 Å². The number of nitrogens with one attached hydrogen (secondary N) is 2. The molecular formula is C10H16N4O2. The molecule has 0 aliphatic carbocycles. The van der Waals surface area contributed by atoms with E-state index >= 15 is 0 Å². The fourth-order valence-electron chi connectivity index (χ4n) is 1.90. The molecule has 1 saturated heterocycles. The Hall–Kier alpha value is -1.43. The normalized spacial score (nSPS) is 20.7. The highest BCUT2D eigenvalue weighted by atomic mass is 16.5. The van der Waals surface area contributed by atoms with Gasteiger partial charge in [0.15, 0.2) is 0 Å². The van der Waals surface area contributed by atoms with Gasteiger partial charge in [-0.15, -0.1) is 5.10 Å². The Morgan fingerprint density at radius 1 is 1.56 bits per heavy atom. The number of H-pyrrole nitrogens is 1. The lowest BCUT2D eigenvalue weighted by Gasteiger charge is -2.22. The molecule has 0 radical (unpaired) electrons. The van der Waals surface area contributed by atoms with Crippen LogP contribution in [-0.2, 0) is 11.2 Å². The summed E-state index contributed by atoms with van der Waals surface area (Å²) in [6.07, 6.45) is 4.41. The van der Waals surface area contributed by atoms with E-state index in [1.807, 2.05) is 0 Å². The molecule has 2 heterocycles. The van der Waals surface area contributed by atoms with E-state index in [0.29, 0.717) is 6.04 Å². The van der Waals surface area contributed by atoms with Crippen LogP contribution in [0.2, 0.25) is 0 Å². The Balaban J connectivity index is 1.94. The highest BCUT2D eigenvalue weighted by Crippen LogP contribution is 2.10. The van der Waals surface area contributed by atoms with E-state index in [4.69, 9.17) is 0 Å². The van der Waals surface area contributed by atoms with Gasteiger partial charge in [-0.3, -0.25) is 5.10 Å². The molecule has 6 heteroatoms. The molecule has 16 heavy (non-hydrogen) atoms. The maximum Gasteiger partial charge on any atom is 0.377 e. The van der Waals surface area contributed by atoms with Gasteiger partial charge < -0.3 is 10.1 Å². The fraction of sp³-hybridized carbons (Fsp3) is 0.700. The monoisotopic (exact) mass is 224 g/mol. The van der Waals surface area contributed by atoms with Crippen molar-refractivity contribution < 1.29 is 9.53 Å². The number of ether oxygens (including phenoxy) is 1. The molecule has 1 aromatic rings. The number of carbonyl (C=O) groups is 1. The molecule has 0 amide bonds. The first-order chi connectivity index (χ1) is 7.79. The Morgan fingerprint density at radius 2 is 2.44 bits per heavy atom. The number of carbonyl (C=O) groups excluding carboxylic acids is 1. The first-order valence-corrected chi connectivity index (χ1v) is 5.52. The summed E-state index contributed by atoms with van der Waals surface area (Å²) in [6, 6.07) is 0.437. The van der Waals surface area contributed by atoms with Crippen molar-refractivity contribution in [1.82, 2.24) is 20.5 Å². The van der Waals surface area contributed by atoms with Gasteiger partial charge in [0.1, 0.15) is 5.82 Å². The Kier molecular flexibility index (Phi) is 3.51. The van der Waals surface area contributed by atoms with Crippen molar-refractivity contribution in [2.75, 3.05) is 13.7 Å². The van der Waals surface area contributed by atoms with E-state index in [0.717, 1.165) is 25.2 Å². The summed E-state index contributed by atoms with van der Waals surface area (Å²) in [5, 5.41) is 10.00. The van der Waals surface area contributed by atoms with Gasteiger partial charge in [-0.25, -0.2) is 9.78 Å². The van der Waals surface area contributed by atoms with Crippen molar-refractivity contribution in [3.63, 3.8) is 0 Å². The maximum atomic E-state index is 11.1. The molecule has 1 unspecified atom stereocenters.